The van der Waals surface area contributed by atoms with Crippen molar-refractivity contribution < 1.29 is 9.59 Å². The van der Waals surface area contributed by atoms with Crippen molar-refractivity contribution in [2.45, 2.75) is 52.0 Å². The lowest BCUT2D eigenvalue weighted by Gasteiger charge is -2.19. The van der Waals surface area contributed by atoms with Gasteiger partial charge in [-0.15, -0.1) is 0 Å². The summed E-state index contributed by atoms with van der Waals surface area (Å²) in [5.41, 5.74) is 2.13. The highest BCUT2D eigenvalue weighted by molar-refractivity contribution is 6.42. The minimum atomic E-state index is -0.307. The SMILES string of the molecule is CC(C)C[C@@H](NCC(=O)CCc1ccccc1)C(=O)CCc1ccc(Cl)c(Cl)c1. The van der Waals surface area contributed by atoms with Crippen LogP contribution in [0.5, 0.6) is 0 Å². The molecule has 0 aliphatic carbocycles. The molecule has 1 N–H and O–H groups in total. The van der Waals surface area contributed by atoms with Gasteiger partial charge in [-0.2, -0.15) is 0 Å². The number of nitrogens with one attached hydrogen (secondary N) is 1. The lowest BCUT2D eigenvalue weighted by Crippen LogP contribution is -2.41. The molecule has 0 amide bonds. The van der Waals surface area contributed by atoms with Crippen LogP contribution >= 0.6 is 23.2 Å². The molecule has 0 radical (unpaired) electrons. The third kappa shape index (κ3) is 8.69. The van der Waals surface area contributed by atoms with Crippen molar-refractivity contribution in [1.29, 1.82) is 0 Å². The van der Waals surface area contributed by atoms with E-state index in [1.807, 2.05) is 36.4 Å². The average molecular weight is 434 g/mol. The Balaban J connectivity index is 1.84. The van der Waals surface area contributed by atoms with Crippen LogP contribution in [0.2, 0.25) is 10.0 Å². The van der Waals surface area contributed by atoms with E-state index in [0.29, 0.717) is 41.6 Å². The van der Waals surface area contributed by atoms with Gasteiger partial charge in [-0.25, -0.2) is 0 Å². The molecule has 3 nitrogen and oxygen atoms in total. The molecule has 2 aromatic rings. The van der Waals surface area contributed by atoms with Crippen molar-refractivity contribution in [2.24, 2.45) is 5.92 Å². The summed E-state index contributed by atoms with van der Waals surface area (Å²) in [6, 6.07) is 15.1. The number of halogens is 2. The first-order chi connectivity index (χ1) is 13.8. The summed E-state index contributed by atoms with van der Waals surface area (Å²) in [6.07, 6.45) is 2.92. The third-order valence-electron chi connectivity index (χ3n) is 4.82. The average Bonchev–Trinajstić information content (AvgIpc) is 2.70. The smallest absolute Gasteiger partial charge is 0.150 e. The molecule has 5 heteroatoms. The second kappa shape index (κ2) is 12.1. The molecule has 0 aliphatic rings. The minimum absolute atomic E-state index is 0.125. The van der Waals surface area contributed by atoms with E-state index in [1.54, 1.807) is 12.1 Å². The van der Waals surface area contributed by atoms with Gasteiger partial charge in [0.1, 0.15) is 11.6 Å². The van der Waals surface area contributed by atoms with Gasteiger partial charge < -0.3 is 5.32 Å². The van der Waals surface area contributed by atoms with E-state index in [2.05, 4.69) is 19.2 Å². The number of carbonyl (C=O) groups excluding carboxylic acids is 2. The van der Waals surface area contributed by atoms with E-state index in [9.17, 15) is 9.59 Å². The normalized spacial score (nSPS) is 12.2. The molecule has 0 saturated heterocycles. The van der Waals surface area contributed by atoms with E-state index in [-0.39, 0.29) is 24.2 Å². The molecule has 0 saturated carbocycles. The quantitative estimate of drug-likeness (QED) is 0.466. The Morgan fingerprint density at radius 2 is 1.59 bits per heavy atom. The summed E-state index contributed by atoms with van der Waals surface area (Å²) in [6.45, 7) is 4.39. The summed E-state index contributed by atoms with van der Waals surface area (Å²) in [5, 5.41) is 4.20. The van der Waals surface area contributed by atoms with E-state index in [0.717, 1.165) is 17.5 Å². The molecule has 0 unspecified atom stereocenters. The molecule has 0 aromatic heterocycles. The highest BCUT2D eigenvalue weighted by atomic mass is 35.5. The van der Waals surface area contributed by atoms with Gasteiger partial charge in [0.25, 0.3) is 0 Å². The molecule has 0 aliphatic heterocycles. The van der Waals surface area contributed by atoms with E-state index < -0.39 is 0 Å². The van der Waals surface area contributed by atoms with E-state index in [1.165, 1.54) is 0 Å². The molecule has 0 spiro atoms. The molecule has 156 valence electrons. The highest BCUT2D eigenvalue weighted by Gasteiger charge is 2.20. The van der Waals surface area contributed by atoms with Crippen LogP contribution in [-0.2, 0) is 22.4 Å². The second-order valence-electron chi connectivity index (χ2n) is 7.80. The van der Waals surface area contributed by atoms with E-state index in [4.69, 9.17) is 23.2 Å². The van der Waals surface area contributed by atoms with Gasteiger partial charge in [0.05, 0.1) is 22.6 Å². The Morgan fingerprint density at radius 3 is 2.24 bits per heavy atom. The molecule has 0 fully saturated rings. The monoisotopic (exact) mass is 433 g/mol. The Labute approximate surface area is 183 Å². The van der Waals surface area contributed by atoms with Crippen molar-refractivity contribution in [1.82, 2.24) is 5.32 Å². The Morgan fingerprint density at radius 1 is 0.897 bits per heavy atom. The van der Waals surface area contributed by atoms with Gasteiger partial charge in [-0.05, 0) is 48.4 Å². The number of hydrogen-bond acceptors (Lipinski definition) is 3. The number of ketones is 2. The van der Waals surface area contributed by atoms with Gasteiger partial charge in [-0.3, -0.25) is 9.59 Å². The highest BCUT2D eigenvalue weighted by Crippen LogP contribution is 2.23. The number of hydrogen-bond donors (Lipinski definition) is 1. The Bertz CT molecular complexity index is 806. The van der Waals surface area contributed by atoms with Crippen LogP contribution in [0.3, 0.4) is 0 Å². The van der Waals surface area contributed by atoms with Crippen LogP contribution in [0.15, 0.2) is 48.5 Å². The molecular formula is C24H29Cl2NO2. The zero-order valence-corrected chi connectivity index (χ0v) is 18.6. The fraction of sp³-hybridized carbons (Fsp3) is 0.417. The maximum Gasteiger partial charge on any atom is 0.150 e. The van der Waals surface area contributed by atoms with Gasteiger partial charge in [0, 0.05) is 12.8 Å². The molecule has 1 atom stereocenters. The van der Waals surface area contributed by atoms with Crippen LogP contribution in [0, 0.1) is 5.92 Å². The van der Waals surface area contributed by atoms with Crippen molar-refractivity contribution in [3.8, 4) is 0 Å². The second-order valence-corrected chi connectivity index (χ2v) is 8.62. The molecule has 2 aromatic carbocycles. The standard InChI is InChI=1S/C24H29Cl2NO2/c1-17(2)14-23(24(29)13-10-19-9-12-21(25)22(26)15-19)27-16-20(28)11-8-18-6-4-3-5-7-18/h3-7,9,12,15,17,23,27H,8,10-11,13-14,16H2,1-2H3/t23-/m1/s1. The van der Waals surface area contributed by atoms with Gasteiger partial charge in [0.2, 0.25) is 0 Å². The summed E-state index contributed by atoms with van der Waals surface area (Å²) in [4.78, 5) is 25.0. The van der Waals surface area contributed by atoms with Gasteiger partial charge in [0.15, 0.2) is 0 Å². The predicted molar refractivity (Wildman–Crippen MR) is 121 cm³/mol. The van der Waals surface area contributed by atoms with Crippen molar-refractivity contribution >= 4 is 34.8 Å². The number of Topliss-reactive ketones (excluding diaryl/α,β-unsaturated/α-hetero) is 2. The van der Waals surface area contributed by atoms with Crippen molar-refractivity contribution in [3.05, 3.63) is 69.7 Å². The van der Waals surface area contributed by atoms with Crippen LogP contribution < -0.4 is 5.32 Å². The Kier molecular flexibility index (Phi) is 9.86. The molecule has 2 rings (SSSR count). The predicted octanol–water partition coefficient (Wildman–Crippen LogP) is 5.70. The van der Waals surface area contributed by atoms with Crippen LogP contribution in [-0.4, -0.2) is 24.2 Å². The zero-order chi connectivity index (χ0) is 21.2. The van der Waals surface area contributed by atoms with Crippen LogP contribution in [0.1, 0.15) is 44.2 Å². The first kappa shape index (κ1) is 23.6. The fourth-order valence-corrected chi connectivity index (χ4v) is 3.51. The van der Waals surface area contributed by atoms with Crippen LogP contribution in [0.25, 0.3) is 0 Å². The summed E-state index contributed by atoms with van der Waals surface area (Å²) < 4.78 is 0. The van der Waals surface area contributed by atoms with Gasteiger partial charge >= 0.3 is 0 Å². The summed E-state index contributed by atoms with van der Waals surface area (Å²) in [7, 11) is 0. The maximum atomic E-state index is 12.8. The lowest BCUT2D eigenvalue weighted by atomic mass is 9.96. The van der Waals surface area contributed by atoms with Crippen LogP contribution in [0.4, 0.5) is 0 Å². The lowest BCUT2D eigenvalue weighted by molar-refractivity contribution is -0.122. The number of aryl methyl sites for hydroxylation is 2. The molecule has 29 heavy (non-hydrogen) atoms. The van der Waals surface area contributed by atoms with E-state index >= 15 is 0 Å². The number of benzene rings is 2. The van der Waals surface area contributed by atoms with Gasteiger partial charge in [-0.1, -0.05) is 73.4 Å². The topological polar surface area (TPSA) is 46.2 Å². The maximum absolute atomic E-state index is 12.8. The first-order valence-corrected chi connectivity index (χ1v) is 10.9. The molecule has 0 heterocycles. The summed E-state index contributed by atoms with van der Waals surface area (Å²) in [5.74, 6) is 0.612. The first-order valence-electron chi connectivity index (χ1n) is 10.1. The Hall–Kier alpha value is -1.68. The molecular weight excluding hydrogens is 405 g/mol. The van der Waals surface area contributed by atoms with Crippen molar-refractivity contribution in [3.63, 3.8) is 0 Å². The number of rotatable bonds is 12. The summed E-state index contributed by atoms with van der Waals surface area (Å²) >= 11 is 12.0. The fourth-order valence-electron chi connectivity index (χ4n) is 3.19. The zero-order valence-electron chi connectivity index (χ0n) is 17.1. The minimum Gasteiger partial charge on any atom is -0.301 e. The largest absolute Gasteiger partial charge is 0.301 e. The third-order valence-corrected chi connectivity index (χ3v) is 5.56. The van der Waals surface area contributed by atoms with Crippen molar-refractivity contribution in [2.75, 3.05) is 6.54 Å². The number of carbonyl (C=O) groups is 2. The molecule has 0 bridgehead atoms.